The number of nitrogens with zero attached hydrogens (tertiary/aromatic N) is 3. The molecule has 0 radical (unpaired) electrons. The molecule has 3 aromatic carbocycles. The van der Waals surface area contributed by atoms with E-state index in [1.165, 1.54) is 12.3 Å². The molecule has 0 spiro atoms. The summed E-state index contributed by atoms with van der Waals surface area (Å²) in [6.07, 6.45) is 1.38. The van der Waals surface area contributed by atoms with Gasteiger partial charge in [0.05, 0.1) is 17.1 Å². The van der Waals surface area contributed by atoms with E-state index in [1.54, 1.807) is 54.6 Å². The van der Waals surface area contributed by atoms with Crippen molar-refractivity contribution < 1.29 is 9.13 Å². The zero-order valence-corrected chi connectivity index (χ0v) is 17.6. The molecular formula is C24H21FN4O3. The van der Waals surface area contributed by atoms with Gasteiger partial charge in [-0.25, -0.2) is 9.18 Å². The molecule has 0 amide bonds. The molecule has 4 aromatic rings. The maximum absolute atomic E-state index is 14.0. The van der Waals surface area contributed by atoms with Gasteiger partial charge in [0.1, 0.15) is 18.2 Å². The highest BCUT2D eigenvalue weighted by molar-refractivity contribution is 5.85. The Hall–Kier alpha value is -4.20. The van der Waals surface area contributed by atoms with E-state index in [9.17, 15) is 14.0 Å². The Labute approximate surface area is 183 Å². The van der Waals surface area contributed by atoms with Crippen LogP contribution in [0.4, 0.5) is 10.1 Å². The third-order valence-electron chi connectivity index (χ3n) is 4.95. The van der Waals surface area contributed by atoms with E-state index in [4.69, 9.17) is 4.74 Å². The molecule has 0 bridgehead atoms. The molecule has 0 unspecified atom stereocenters. The summed E-state index contributed by atoms with van der Waals surface area (Å²) in [6, 6.07) is 18.5. The predicted octanol–water partition coefficient (Wildman–Crippen LogP) is 3.36. The smallest absolute Gasteiger partial charge is 0.349 e. The van der Waals surface area contributed by atoms with Crippen LogP contribution in [0.3, 0.4) is 0 Å². The average Bonchev–Trinajstić information content (AvgIpc) is 2.78. The van der Waals surface area contributed by atoms with Crippen LogP contribution in [-0.4, -0.2) is 30.0 Å². The van der Waals surface area contributed by atoms with Crippen molar-refractivity contribution in [3.8, 4) is 5.75 Å². The van der Waals surface area contributed by atoms with Gasteiger partial charge in [-0.3, -0.25) is 4.79 Å². The minimum atomic E-state index is -0.649. The molecule has 1 aromatic heterocycles. The number of hydrogen-bond donors (Lipinski definition) is 1. The zero-order valence-electron chi connectivity index (χ0n) is 17.6. The lowest BCUT2D eigenvalue weighted by Crippen LogP contribution is -2.32. The Kier molecular flexibility index (Phi) is 5.85. The minimum Gasteiger partial charge on any atom is -0.488 e. The van der Waals surface area contributed by atoms with Gasteiger partial charge in [0.15, 0.2) is 0 Å². The number of rotatable bonds is 6. The normalized spacial score (nSPS) is 11.2. The molecule has 0 saturated heterocycles. The van der Waals surface area contributed by atoms with Crippen LogP contribution < -0.4 is 20.9 Å². The highest BCUT2D eigenvalue weighted by Gasteiger charge is 2.10. The lowest BCUT2D eigenvalue weighted by Gasteiger charge is -2.16. The van der Waals surface area contributed by atoms with Gasteiger partial charge in [0.2, 0.25) is 0 Å². The first-order valence-corrected chi connectivity index (χ1v) is 9.90. The van der Waals surface area contributed by atoms with E-state index < -0.39 is 11.2 Å². The molecule has 0 aliphatic carbocycles. The number of anilines is 1. The van der Waals surface area contributed by atoms with Crippen molar-refractivity contribution in [1.82, 2.24) is 9.66 Å². The number of aromatic amines is 1. The largest absolute Gasteiger partial charge is 0.488 e. The topological polar surface area (TPSA) is 79.7 Å². The van der Waals surface area contributed by atoms with Gasteiger partial charge in [0.25, 0.3) is 5.56 Å². The van der Waals surface area contributed by atoms with Crippen molar-refractivity contribution in [2.75, 3.05) is 19.0 Å². The van der Waals surface area contributed by atoms with Gasteiger partial charge in [-0.2, -0.15) is 5.10 Å². The highest BCUT2D eigenvalue weighted by Crippen LogP contribution is 2.25. The lowest BCUT2D eigenvalue weighted by atomic mass is 10.2. The highest BCUT2D eigenvalue weighted by atomic mass is 19.1. The zero-order chi connectivity index (χ0) is 22.7. The predicted molar refractivity (Wildman–Crippen MR) is 123 cm³/mol. The Balaban J connectivity index is 1.71. The number of H-pyrrole nitrogens is 1. The third kappa shape index (κ3) is 4.29. The van der Waals surface area contributed by atoms with E-state index in [-0.39, 0.29) is 12.4 Å². The fourth-order valence-electron chi connectivity index (χ4n) is 3.18. The number of halogens is 1. The maximum Gasteiger partial charge on any atom is 0.349 e. The fourth-order valence-corrected chi connectivity index (χ4v) is 3.18. The van der Waals surface area contributed by atoms with Crippen molar-refractivity contribution in [3.63, 3.8) is 0 Å². The Bertz CT molecular complexity index is 1420. The number of nitrogens with one attached hydrogen (secondary N) is 1. The number of benzene rings is 3. The van der Waals surface area contributed by atoms with Crippen molar-refractivity contribution in [2.24, 2.45) is 5.10 Å². The first-order chi connectivity index (χ1) is 15.4. The van der Waals surface area contributed by atoms with Crippen LogP contribution in [0.1, 0.15) is 11.1 Å². The average molecular weight is 432 g/mol. The van der Waals surface area contributed by atoms with Gasteiger partial charge < -0.3 is 14.6 Å². The van der Waals surface area contributed by atoms with E-state index in [0.29, 0.717) is 27.8 Å². The summed E-state index contributed by atoms with van der Waals surface area (Å²) in [6.45, 7) is 0.0148. The van der Waals surface area contributed by atoms with Crippen LogP contribution in [0.2, 0.25) is 0 Å². The molecule has 1 N–H and O–H groups in total. The SMILES string of the molecule is CN(C)c1ccc(C=Nn2c(=O)[nH]c3ccccc3c2=O)c(OCc2ccccc2F)c1. The van der Waals surface area contributed by atoms with Crippen LogP contribution in [0.25, 0.3) is 10.9 Å². The number of ether oxygens (including phenoxy) is 1. The molecule has 0 atom stereocenters. The fraction of sp³-hybridized carbons (Fsp3) is 0.125. The van der Waals surface area contributed by atoms with E-state index in [1.807, 2.05) is 25.1 Å². The summed E-state index contributed by atoms with van der Waals surface area (Å²) < 4.78 is 20.6. The molecule has 162 valence electrons. The number of para-hydroxylation sites is 1. The van der Waals surface area contributed by atoms with E-state index in [0.717, 1.165) is 10.4 Å². The Morgan fingerprint density at radius 2 is 1.81 bits per heavy atom. The summed E-state index contributed by atoms with van der Waals surface area (Å²) in [5, 5.41) is 4.45. The second-order valence-corrected chi connectivity index (χ2v) is 7.33. The van der Waals surface area contributed by atoms with Gasteiger partial charge >= 0.3 is 5.69 Å². The molecule has 4 rings (SSSR count). The van der Waals surface area contributed by atoms with Crippen LogP contribution in [0.15, 0.2) is 81.4 Å². The second-order valence-electron chi connectivity index (χ2n) is 7.33. The Morgan fingerprint density at radius 3 is 2.59 bits per heavy atom. The van der Waals surface area contributed by atoms with Crippen LogP contribution in [0, 0.1) is 5.82 Å². The van der Waals surface area contributed by atoms with Crippen molar-refractivity contribution in [1.29, 1.82) is 0 Å². The summed E-state index contributed by atoms with van der Waals surface area (Å²) in [5.41, 5.74) is 1.08. The van der Waals surface area contributed by atoms with Gasteiger partial charge in [-0.05, 0) is 30.3 Å². The third-order valence-corrected chi connectivity index (χ3v) is 4.95. The summed E-state index contributed by atoms with van der Waals surface area (Å²) >= 11 is 0. The van der Waals surface area contributed by atoms with Crippen molar-refractivity contribution in [3.05, 3.63) is 105 Å². The molecule has 0 saturated carbocycles. The van der Waals surface area contributed by atoms with Crippen LogP contribution >= 0.6 is 0 Å². The molecule has 1 heterocycles. The molecule has 0 aliphatic rings. The molecular weight excluding hydrogens is 411 g/mol. The van der Waals surface area contributed by atoms with Crippen molar-refractivity contribution >= 4 is 22.8 Å². The summed E-state index contributed by atoms with van der Waals surface area (Å²) in [5.74, 6) is 0.0780. The number of hydrogen-bond acceptors (Lipinski definition) is 5. The molecule has 8 heteroatoms. The van der Waals surface area contributed by atoms with Crippen LogP contribution in [0.5, 0.6) is 5.75 Å². The first-order valence-electron chi connectivity index (χ1n) is 9.90. The molecule has 0 aliphatic heterocycles. The standard InChI is InChI=1S/C24H21FN4O3/c1-28(2)18-12-11-16(22(13-18)32-15-17-7-3-5-9-20(17)25)14-26-29-23(30)19-8-4-6-10-21(19)27-24(29)31/h3-14H,15H2,1-2H3,(H,27,31). The molecule has 32 heavy (non-hydrogen) atoms. The molecule has 7 nitrogen and oxygen atoms in total. The number of fused-ring (bicyclic) bond motifs is 1. The lowest BCUT2D eigenvalue weighted by molar-refractivity contribution is 0.299. The molecule has 0 fully saturated rings. The van der Waals surface area contributed by atoms with E-state index in [2.05, 4.69) is 10.1 Å². The summed E-state index contributed by atoms with van der Waals surface area (Å²) in [7, 11) is 3.77. The quantitative estimate of drug-likeness (QED) is 0.474. The minimum absolute atomic E-state index is 0.0148. The first kappa shape index (κ1) is 21.0. The number of aromatic nitrogens is 2. The van der Waals surface area contributed by atoms with E-state index >= 15 is 0 Å². The van der Waals surface area contributed by atoms with Gasteiger partial charge in [-0.15, -0.1) is 4.68 Å². The van der Waals surface area contributed by atoms with Gasteiger partial charge in [-0.1, -0.05) is 30.3 Å². The van der Waals surface area contributed by atoms with Gasteiger partial charge in [0, 0.05) is 37.0 Å². The van der Waals surface area contributed by atoms with Crippen molar-refractivity contribution in [2.45, 2.75) is 6.61 Å². The maximum atomic E-state index is 14.0. The second kappa shape index (κ2) is 8.89. The van der Waals surface area contributed by atoms with Crippen LogP contribution in [-0.2, 0) is 6.61 Å². The summed E-state index contributed by atoms with van der Waals surface area (Å²) in [4.78, 5) is 29.6. The monoisotopic (exact) mass is 432 g/mol. The Morgan fingerprint density at radius 1 is 1.06 bits per heavy atom.